The fraction of sp³-hybridized carbons (Fsp3) is 0.200. The molecule has 0 amide bonds. The zero-order valence-electron chi connectivity index (χ0n) is 20.1. The van der Waals surface area contributed by atoms with E-state index in [1.54, 1.807) is 12.3 Å². The zero-order valence-corrected chi connectivity index (χ0v) is 16.1. The van der Waals surface area contributed by atoms with Crippen LogP contribution in [0.15, 0.2) is 65.2 Å². The van der Waals surface area contributed by atoms with E-state index in [0.29, 0.717) is 11.3 Å². The number of aryl methyl sites for hydroxylation is 2. The molecule has 28 heavy (non-hydrogen) atoms. The Bertz CT molecular complexity index is 1520. The lowest BCUT2D eigenvalue weighted by Crippen LogP contribution is -2.31. The van der Waals surface area contributed by atoms with Crippen LogP contribution in [0.5, 0.6) is 0 Å². The number of fused-ring (bicyclic) bond motifs is 4. The van der Waals surface area contributed by atoms with E-state index in [1.807, 2.05) is 48.9 Å². The second-order valence-corrected chi connectivity index (χ2v) is 7.31. The first-order valence-electron chi connectivity index (χ1n) is 11.3. The molecule has 0 aliphatic carbocycles. The fourth-order valence-electron chi connectivity index (χ4n) is 3.87. The molecule has 3 heterocycles. The zero-order chi connectivity index (χ0) is 22.8. The Morgan fingerprint density at radius 3 is 2.79 bits per heavy atom. The van der Waals surface area contributed by atoms with Crippen molar-refractivity contribution in [1.82, 2.24) is 4.98 Å². The smallest absolute Gasteiger partial charge is 0.227 e. The third kappa shape index (κ3) is 2.50. The van der Waals surface area contributed by atoms with Crippen molar-refractivity contribution in [3.05, 3.63) is 71.9 Å². The van der Waals surface area contributed by atoms with Gasteiger partial charge in [-0.05, 0) is 36.6 Å². The van der Waals surface area contributed by atoms with Crippen molar-refractivity contribution in [1.29, 1.82) is 0 Å². The Balaban J connectivity index is 1.75. The van der Waals surface area contributed by atoms with Crippen LogP contribution in [-0.2, 0) is 7.05 Å². The monoisotopic (exact) mass is 371 g/mol. The molecule has 0 saturated carbocycles. The standard InChI is InChI=1S/C25H23N2O/c1-15(2)18-10-12-22(27(4)14-18)23-16(3)9-11-19-20-13-17-7-5-6-8-21(17)26-25(20)28-24(19)23/h5-15H,1-4H3/q+1/i1D3,15D. The summed E-state index contributed by atoms with van der Waals surface area (Å²) in [7, 11) is 1.86. The molecule has 0 saturated heterocycles. The van der Waals surface area contributed by atoms with Gasteiger partial charge in [0.1, 0.15) is 7.05 Å². The average molecular weight is 371 g/mol. The maximum absolute atomic E-state index is 8.41. The molecule has 0 aliphatic rings. The lowest BCUT2D eigenvalue weighted by atomic mass is 9.99. The molecule has 1 unspecified atom stereocenters. The van der Waals surface area contributed by atoms with Crippen molar-refractivity contribution in [2.75, 3.05) is 0 Å². The van der Waals surface area contributed by atoms with Crippen LogP contribution in [0.2, 0.25) is 0 Å². The van der Waals surface area contributed by atoms with E-state index in [4.69, 9.17) is 14.9 Å². The van der Waals surface area contributed by atoms with Crippen LogP contribution in [0.25, 0.3) is 44.2 Å². The number of rotatable bonds is 2. The third-order valence-corrected chi connectivity index (χ3v) is 5.37. The average Bonchev–Trinajstić information content (AvgIpc) is 3.09. The number of furan rings is 1. The van der Waals surface area contributed by atoms with E-state index in [-0.39, 0.29) is 0 Å². The SMILES string of the molecule is [2H]C([2H])([2H])C([2H])(C)c1ccc(-c2c(C)ccc3c2oc2nc4ccccc4cc23)[n+](C)c1. The number of aromatic nitrogens is 2. The number of nitrogens with zero attached hydrogens (tertiary/aromatic N) is 2. The van der Waals surface area contributed by atoms with Crippen molar-refractivity contribution < 1.29 is 14.5 Å². The van der Waals surface area contributed by atoms with Crippen LogP contribution >= 0.6 is 0 Å². The van der Waals surface area contributed by atoms with Crippen molar-refractivity contribution in [2.24, 2.45) is 7.05 Å². The second kappa shape index (κ2) is 6.16. The highest BCUT2D eigenvalue weighted by Crippen LogP contribution is 2.37. The highest BCUT2D eigenvalue weighted by Gasteiger charge is 2.21. The van der Waals surface area contributed by atoms with Gasteiger partial charge in [0.15, 0.2) is 11.8 Å². The van der Waals surface area contributed by atoms with Crippen molar-refractivity contribution >= 4 is 33.0 Å². The predicted octanol–water partition coefficient (Wildman–Crippen LogP) is 6.06. The number of hydrogen-bond acceptors (Lipinski definition) is 2. The van der Waals surface area contributed by atoms with Crippen molar-refractivity contribution in [3.63, 3.8) is 0 Å². The third-order valence-electron chi connectivity index (χ3n) is 5.37. The summed E-state index contributed by atoms with van der Waals surface area (Å²) >= 11 is 0. The minimum Gasteiger partial charge on any atom is -0.437 e. The lowest BCUT2D eigenvalue weighted by Gasteiger charge is -2.08. The van der Waals surface area contributed by atoms with E-state index in [9.17, 15) is 0 Å². The summed E-state index contributed by atoms with van der Waals surface area (Å²) in [6, 6.07) is 17.8. The maximum Gasteiger partial charge on any atom is 0.227 e. The van der Waals surface area contributed by atoms with Crippen molar-refractivity contribution in [3.8, 4) is 11.3 Å². The van der Waals surface area contributed by atoms with Gasteiger partial charge in [0.05, 0.1) is 11.1 Å². The Hall–Kier alpha value is -3.20. The Morgan fingerprint density at radius 1 is 1.11 bits per heavy atom. The molecule has 0 bridgehead atoms. The number of benzene rings is 2. The predicted molar refractivity (Wildman–Crippen MR) is 114 cm³/mol. The molecule has 5 rings (SSSR count). The van der Waals surface area contributed by atoms with E-state index in [0.717, 1.165) is 44.1 Å². The molecule has 0 N–H and O–H groups in total. The number of hydrogen-bond donors (Lipinski definition) is 0. The van der Waals surface area contributed by atoms with Gasteiger partial charge in [-0.1, -0.05) is 44.1 Å². The molecular weight excluding hydrogens is 344 g/mol. The molecule has 3 heteroatoms. The van der Waals surface area contributed by atoms with Gasteiger partial charge in [-0.3, -0.25) is 0 Å². The van der Waals surface area contributed by atoms with Gasteiger partial charge in [-0.15, -0.1) is 0 Å². The van der Waals surface area contributed by atoms with Crippen LogP contribution in [0.4, 0.5) is 0 Å². The summed E-state index contributed by atoms with van der Waals surface area (Å²) in [5.41, 5.74) is 5.49. The fourth-order valence-corrected chi connectivity index (χ4v) is 3.87. The van der Waals surface area contributed by atoms with Gasteiger partial charge in [0.2, 0.25) is 11.4 Å². The number of para-hydroxylation sites is 1. The highest BCUT2D eigenvalue weighted by molar-refractivity contribution is 6.11. The van der Waals surface area contributed by atoms with E-state index < -0.39 is 12.7 Å². The summed E-state index contributed by atoms with van der Waals surface area (Å²) in [5.74, 6) is -1.70. The van der Waals surface area contributed by atoms with Gasteiger partial charge < -0.3 is 4.42 Å². The van der Waals surface area contributed by atoms with E-state index >= 15 is 0 Å². The van der Waals surface area contributed by atoms with E-state index in [2.05, 4.69) is 18.2 Å². The molecule has 0 spiro atoms. The summed E-state index contributed by atoms with van der Waals surface area (Å²) in [6.45, 7) is 1.03. The highest BCUT2D eigenvalue weighted by atomic mass is 16.3. The molecular formula is C25H23N2O+. The Labute approximate surface area is 169 Å². The first-order valence-corrected chi connectivity index (χ1v) is 9.30. The van der Waals surface area contributed by atoms with Crippen LogP contribution in [0.3, 0.4) is 0 Å². The second-order valence-electron chi connectivity index (χ2n) is 7.31. The molecule has 0 radical (unpaired) electrons. The van der Waals surface area contributed by atoms with Crippen LogP contribution in [0.1, 0.15) is 36.3 Å². The molecule has 0 fully saturated rings. The maximum atomic E-state index is 8.41. The molecule has 2 aromatic carbocycles. The van der Waals surface area contributed by atoms with Gasteiger partial charge >= 0.3 is 0 Å². The van der Waals surface area contributed by atoms with Gasteiger partial charge in [-0.25, -0.2) is 9.55 Å². The molecule has 5 aromatic rings. The normalized spacial score (nSPS) is 16.5. The lowest BCUT2D eigenvalue weighted by molar-refractivity contribution is -0.660. The van der Waals surface area contributed by atoms with Crippen molar-refractivity contribution in [2.45, 2.75) is 26.6 Å². The van der Waals surface area contributed by atoms with E-state index in [1.165, 1.54) is 6.92 Å². The molecule has 3 nitrogen and oxygen atoms in total. The quantitative estimate of drug-likeness (QED) is 0.353. The first kappa shape index (κ1) is 13.1. The molecule has 0 aliphatic heterocycles. The number of pyridine rings is 2. The van der Waals surface area contributed by atoms with Gasteiger partial charge in [-0.2, -0.15) is 0 Å². The summed E-state index contributed by atoms with van der Waals surface area (Å²) < 4.78 is 39.8. The molecule has 138 valence electrons. The topological polar surface area (TPSA) is 29.9 Å². The Kier molecular flexibility index (Phi) is 2.87. The van der Waals surface area contributed by atoms with Gasteiger partial charge in [0, 0.05) is 33.3 Å². The first-order chi connectivity index (χ1) is 15.1. The summed E-state index contributed by atoms with van der Waals surface area (Å²) in [4.78, 5) is 4.71. The van der Waals surface area contributed by atoms with Crippen LogP contribution in [-0.4, -0.2) is 4.98 Å². The van der Waals surface area contributed by atoms with Crippen LogP contribution < -0.4 is 4.57 Å². The van der Waals surface area contributed by atoms with Crippen LogP contribution in [0, 0.1) is 6.92 Å². The molecule has 1 atom stereocenters. The molecule has 3 aromatic heterocycles. The minimum absolute atomic E-state index is 0.436. The van der Waals surface area contributed by atoms with Gasteiger partial charge in [0.25, 0.3) is 0 Å². The minimum atomic E-state index is -2.43. The summed E-state index contributed by atoms with van der Waals surface area (Å²) in [6.07, 6.45) is 1.72. The Morgan fingerprint density at radius 2 is 1.96 bits per heavy atom. The largest absolute Gasteiger partial charge is 0.437 e. The summed E-state index contributed by atoms with van der Waals surface area (Å²) in [5, 5.41) is 3.00.